The first-order chi connectivity index (χ1) is 8.59. The van der Waals surface area contributed by atoms with Crippen molar-refractivity contribution in [3.05, 3.63) is 28.6 Å². The van der Waals surface area contributed by atoms with Crippen LogP contribution in [0.3, 0.4) is 0 Å². The van der Waals surface area contributed by atoms with Crippen LogP contribution < -0.4 is 0 Å². The van der Waals surface area contributed by atoms with Crippen LogP contribution in [0.15, 0.2) is 23.1 Å². The lowest BCUT2D eigenvalue weighted by atomic mass is 10.0. The van der Waals surface area contributed by atoms with Crippen molar-refractivity contribution in [1.82, 2.24) is 9.97 Å². The summed E-state index contributed by atoms with van der Waals surface area (Å²) in [5.74, 6) is 6.36. The summed E-state index contributed by atoms with van der Waals surface area (Å²) in [6.45, 7) is 3.97. The highest BCUT2D eigenvalue weighted by atomic mass is 79.9. The van der Waals surface area contributed by atoms with E-state index in [0.717, 1.165) is 20.9 Å². The number of nitrogens with one attached hydrogen (secondary N) is 1. The number of aliphatic hydroxyl groups excluding tert-OH is 1. The van der Waals surface area contributed by atoms with Gasteiger partial charge in [-0.3, -0.25) is 4.98 Å². The molecule has 0 saturated heterocycles. The Balaban J connectivity index is 2.25. The highest BCUT2D eigenvalue weighted by Gasteiger charge is 2.07. The standard InChI is InChI=1S/C14H15BrN2O/c1-9(2)13(18)5-3-4-10-6-17-12-8-16-7-11(15)14(10)12/h6-9,13,17-18H,5H2,1-2H3. The second-order valence-electron chi connectivity index (χ2n) is 4.56. The minimum atomic E-state index is -0.368. The number of aliphatic hydroxyl groups is 1. The van der Waals surface area contributed by atoms with Crippen LogP contribution >= 0.6 is 15.9 Å². The number of aromatic nitrogens is 2. The molecule has 0 saturated carbocycles. The summed E-state index contributed by atoms with van der Waals surface area (Å²) in [6, 6.07) is 0. The molecular formula is C14H15BrN2O. The first-order valence-electron chi connectivity index (χ1n) is 5.87. The van der Waals surface area contributed by atoms with Crippen molar-refractivity contribution in [2.24, 2.45) is 5.92 Å². The Kier molecular flexibility index (Phi) is 4.05. The van der Waals surface area contributed by atoms with E-state index in [2.05, 4.69) is 37.7 Å². The van der Waals surface area contributed by atoms with E-state index in [9.17, 15) is 5.11 Å². The Morgan fingerprint density at radius 3 is 2.94 bits per heavy atom. The van der Waals surface area contributed by atoms with Crippen LogP contribution in [0.4, 0.5) is 0 Å². The van der Waals surface area contributed by atoms with Crippen LogP contribution in [0.5, 0.6) is 0 Å². The molecule has 0 aliphatic rings. The molecule has 0 aliphatic heterocycles. The third-order valence-electron chi connectivity index (χ3n) is 2.84. The van der Waals surface area contributed by atoms with E-state index in [1.165, 1.54) is 0 Å². The van der Waals surface area contributed by atoms with Crippen LogP contribution in [0.25, 0.3) is 10.9 Å². The van der Waals surface area contributed by atoms with Gasteiger partial charge in [0.25, 0.3) is 0 Å². The van der Waals surface area contributed by atoms with Gasteiger partial charge in [-0.05, 0) is 21.8 Å². The molecule has 1 unspecified atom stereocenters. The van der Waals surface area contributed by atoms with Gasteiger partial charge < -0.3 is 10.1 Å². The molecule has 94 valence electrons. The maximum absolute atomic E-state index is 9.69. The molecule has 0 fully saturated rings. The van der Waals surface area contributed by atoms with Gasteiger partial charge in [0.05, 0.1) is 23.4 Å². The zero-order chi connectivity index (χ0) is 13.1. The van der Waals surface area contributed by atoms with Crippen LogP contribution in [0.1, 0.15) is 25.8 Å². The highest BCUT2D eigenvalue weighted by molar-refractivity contribution is 9.10. The quantitative estimate of drug-likeness (QED) is 0.838. The summed E-state index contributed by atoms with van der Waals surface area (Å²) in [6.07, 6.45) is 5.52. The van der Waals surface area contributed by atoms with E-state index >= 15 is 0 Å². The Bertz CT molecular complexity index is 607. The SMILES string of the molecule is CC(C)C(O)CC#Cc1c[nH]c2cncc(Br)c12. The molecule has 2 heterocycles. The van der Waals surface area contributed by atoms with E-state index in [1.54, 1.807) is 12.4 Å². The first-order valence-corrected chi connectivity index (χ1v) is 6.66. The van der Waals surface area contributed by atoms with Crippen molar-refractivity contribution in [3.63, 3.8) is 0 Å². The molecule has 4 heteroatoms. The average molecular weight is 307 g/mol. The third kappa shape index (κ3) is 2.74. The first kappa shape index (κ1) is 13.1. The van der Waals surface area contributed by atoms with Crippen molar-refractivity contribution in [2.75, 3.05) is 0 Å². The number of fused-ring (bicyclic) bond motifs is 1. The normalized spacial score (nSPS) is 12.5. The number of nitrogens with zero attached hydrogens (tertiary/aromatic N) is 1. The number of halogens is 1. The molecule has 0 amide bonds. The molecular weight excluding hydrogens is 292 g/mol. The second kappa shape index (κ2) is 5.55. The van der Waals surface area contributed by atoms with Gasteiger partial charge in [-0.2, -0.15) is 0 Å². The fourth-order valence-electron chi connectivity index (χ4n) is 1.63. The molecule has 18 heavy (non-hydrogen) atoms. The fraction of sp³-hybridized carbons (Fsp3) is 0.357. The molecule has 0 radical (unpaired) electrons. The number of aromatic amines is 1. The lowest BCUT2D eigenvalue weighted by Crippen LogP contribution is -2.12. The maximum atomic E-state index is 9.69. The maximum Gasteiger partial charge on any atom is 0.0672 e. The Hall–Kier alpha value is -1.31. The Morgan fingerprint density at radius 1 is 1.44 bits per heavy atom. The zero-order valence-electron chi connectivity index (χ0n) is 10.4. The van der Waals surface area contributed by atoms with Crippen molar-refractivity contribution in [2.45, 2.75) is 26.4 Å². The average Bonchev–Trinajstić information content (AvgIpc) is 2.73. The number of hydrogen-bond donors (Lipinski definition) is 2. The summed E-state index contributed by atoms with van der Waals surface area (Å²) >= 11 is 3.47. The topological polar surface area (TPSA) is 48.9 Å². The second-order valence-corrected chi connectivity index (χ2v) is 5.42. The van der Waals surface area contributed by atoms with Gasteiger partial charge in [0.15, 0.2) is 0 Å². The third-order valence-corrected chi connectivity index (χ3v) is 3.45. The monoisotopic (exact) mass is 306 g/mol. The summed E-state index contributed by atoms with van der Waals surface area (Å²) < 4.78 is 0.926. The molecule has 0 spiro atoms. The molecule has 0 aliphatic carbocycles. The van der Waals surface area contributed by atoms with Crippen LogP contribution in [0.2, 0.25) is 0 Å². The lowest BCUT2D eigenvalue weighted by molar-refractivity contribution is 0.130. The van der Waals surface area contributed by atoms with E-state index in [-0.39, 0.29) is 12.0 Å². The fourth-order valence-corrected chi connectivity index (χ4v) is 2.17. The van der Waals surface area contributed by atoms with Crippen LogP contribution in [-0.4, -0.2) is 21.2 Å². The predicted octanol–water partition coefficient (Wildman–Crippen LogP) is 3.08. The number of rotatable bonds is 2. The molecule has 2 aromatic rings. The molecule has 1 atom stereocenters. The van der Waals surface area contributed by atoms with E-state index in [4.69, 9.17) is 0 Å². The van der Waals surface area contributed by atoms with Gasteiger partial charge in [0, 0.05) is 28.7 Å². The van der Waals surface area contributed by atoms with Gasteiger partial charge in [0.2, 0.25) is 0 Å². The summed E-state index contributed by atoms with van der Waals surface area (Å²) in [4.78, 5) is 7.22. The molecule has 0 bridgehead atoms. The van der Waals surface area contributed by atoms with E-state index in [1.807, 2.05) is 20.0 Å². The van der Waals surface area contributed by atoms with Gasteiger partial charge in [-0.1, -0.05) is 25.7 Å². The smallest absolute Gasteiger partial charge is 0.0672 e. The van der Waals surface area contributed by atoms with E-state index < -0.39 is 0 Å². The lowest BCUT2D eigenvalue weighted by Gasteiger charge is -2.09. The molecule has 3 nitrogen and oxygen atoms in total. The summed E-state index contributed by atoms with van der Waals surface area (Å²) in [7, 11) is 0. The molecule has 0 aromatic carbocycles. The van der Waals surface area contributed by atoms with Crippen LogP contribution in [-0.2, 0) is 0 Å². The van der Waals surface area contributed by atoms with Gasteiger partial charge in [-0.15, -0.1) is 0 Å². The Labute approximate surface area is 115 Å². The molecule has 2 rings (SSSR count). The van der Waals surface area contributed by atoms with Crippen molar-refractivity contribution in [3.8, 4) is 11.8 Å². The summed E-state index contributed by atoms with van der Waals surface area (Å²) in [5.41, 5.74) is 1.88. The van der Waals surface area contributed by atoms with Crippen molar-refractivity contribution in [1.29, 1.82) is 0 Å². The van der Waals surface area contributed by atoms with Gasteiger partial charge in [0.1, 0.15) is 0 Å². The van der Waals surface area contributed by atoms with Gasteiger partial charge in [-0.25, -0.2) is 0 Å². The van der Waals surface area contributed by atoms with Crippen LogP contribution in [0, 0.1) is 17.8 Å². The Morgan fingerprint density at radius 2 is 2.22 bits per heavy atom. The van der Waals surface area contributed by atoms with E-state index in [0.29, 0.717) is 6.42 Å². The molecule has 2 aromatic heterocycles. The zero-order valence-corrected chi connectivity index (χ0v) is 12.0. The number of H-pyrrole nitrogens is 1. The molecule has 2 N–H and O–H groups in total. The number of hydrogen-bond acceptors (Lipinski definition) is 2. The van der Waals surface area contributed by atoms with Gasteiger partial charge >= 0.3 is 0 Å². The minimum absolute atomic E-state index is 0.234. The predicted molar refractivity (Wildman–Crippen MR) is 76.1 cm³/mol. The highest BCUT2D eigenvalue weighted by Crippen LogP contribution is 2.25. The largest absolute Gasteiger partial charge is 0.392 e. The summed E-state index contributed by atoms with van der Waals surface area (Å²) in [5, 5.41) is 10.7. The minimum Gasteiger partial charge on any atom is -0.392 e. The van der Waals surface area contributed by atoms with Crippen molar-refractivity contribution >= 4 is 26.8 Å². The number of pyridine rings is 1. The van der Waals surface area contributed by atoms with Crippen molar-refractivity contribution < 1.29 is 5.11 Å².